The van der Waals surface area contributed by atoms with Gasteiger partial charge < -0.3 is 0 Å². The molecular weight excluding hydrogens is 847 g/mol. The second-order valence-electron chi connectivity index (χ2n) is 17.9. The van der Waals surface area contributed by atoms with Gasteiger partial charge in [-0.05, 0) is 24.0 Å². The number of aryl methyl sites for hydroxylation is 2. The second kappa shape index (κ2) is 20.6. The van der Waals surface area contributed by atoms with Crippen molar-refractivity contribution in [1.82, 2.24) is 0 Å². The summed E-state index contributed by atoms with van der Waals surface area (Å²) in [5, 5.41) is 5.49. The molecule has 0 aliphatic rings. The van der Waals surface area contributed by atoms with Gasteiger partial charge in [-0.25, -0.2) is 0 Å². The molecule has 3 heteroatoms. The Morgan fingerprint density at radius 1 is 0.467 bits per heavy atom. The standard InChI is InChI=1S/C21H26.2C18H17.2ClH.Zr/c1-20(2,3)18-11-7-16(8-12-18)15-17-9-13-19(14-10-17)21(4,5)6;2*1-2-7-14-12-16-10-6-11-17(18(16)13-14)15-8-4-3-5-9-15;;;/h7-14H,1-6H3;2*3-6,8-13H,2,7H2,1H3;2*1H;/q;2*-1;;;+2/p-2. The van der Waals surface area contributed by atoms with Gasteiger partial charge in [0.05, 0.1) is 0 Å². The molecule has 0 radical (unpaired) electrons. The van der Waals surface area contributed by atoms with Crippen LogP contribution in [0.15, 0.2) is 170 Å². The summed E-state index contributed by atoms with van der Waals surface area (Å²) < 4.78 is 1.15. The van der Waals surface area contributed by atoms with Gasteiger partial charge in [-0.1, -0.05) is 111 Å². The van der Waals surface area contributed by atoms with Gasteiger partial charge in [0.1, 0.15) is 0 Å². The zero-order valence-electron chi connectivity index (χ0n) is 36.8. The minimum absolute atomic E-state index is 0.149. The molecule has 308 valence electrons. The van der Waals surface area contributed by atoms with Crippen molar-refractivity contribution in [2.75, 3.05) is 0 Å². The van der Waals surface area contributed by atoms with E-state index in [2.05, 4.69) is 225 Å². The molecule has 8 rings (SSSR count). The van der Waals surface area contributed by atoms with E-state index in [0.717, 1.165) is 14.3 Å². The molecule has 0 unspecified atom stereocenters. The quantitative estimate of drug-likeness (QED) is 0.133. The monoisotopic (exact) mass is 904 g/mol. The van der Waals surface area contributed by atoms with Crippen molar-refractivity contribution in [2.45, 2.75) is 91.9 Å². The molecule has 0 spiro atoms. The maximum Gasteiger partial charge on any atom is -0.0279 e. The Labute approximate surface area is 375 Å². The van der Waals surface area contributed by atoms with Gasteiger partial charge in [-0.3, -0.25) is 0 Å². The number of rotatable bonds is 8. The Bertz CT molecular complexity index is 2430. The number of hydrogen-bond donors (Lipinski definition) is 0. The summed E-state index contributed by atoms with van der Waals surface area (Å²) in [4.78, 5) is 0. The summed E-state index contributed by atoms with van der Waals surface area (Å²) in [6, 6.07) is 61.2. The maximum absolute atomic E-state index is 6.50. The third-order valence-corrected chi connectivity index (χ3v) is 15.7. The molecule has 0 aromatic heterocycles. The summed E-state index contributed by atoms with van der Waals surface area (Å²) in [6.45, 7) is 17.8. The van der Waals surface area contributed by atoms with Crippen LogP contribution in [-0.2, 0) is 42.6 Å². The molecule has 0 fully saturated rings. The van der Waals surface area contributed by atoms with Crippen molar-refractivity contribution in [2.24, 2.45) is 0 Å². The first-order valence-corrected chi connectivity index (χ1v) is 29.1. The van der Waals surface area contributed by atoms with Gasteiger partial charge in [0.2, 0.25) is 0 Å². The van der Waals surface area contributed by atoms with Crippen LogP contribution < -0.4 is 0 Å². The third-order valence-electron chi connectivity index (χ3n) is 11.1. The Morgan fingerprint density at radius 3 is 1.15 bits per heavy atom. The van der Waals surface area contributed by atoms with E-state index >= 15 is 0 Å². The minimum atomic E-state index is -2.59. The van der Waals surface area contributed by atoms with Crippen LogP contribution in [0.5, 0.6) is 0 Å². The van der Waals surface area contributed by atoms with Crippen molar-refractivity contribution >= 4 is 41.8 Å². The molecule has 8 aromatic carbocycles. The average molecular weight is 907 g/mol. The van der Waals surface area contributed by atoms with Crippen molar-refractivity contribution in [1.29, 1.82) is 0 Å². The first-order valence-electron chi connectivity index (χ1n) is 21.5. The van der Waals surface area contributed by atoms with Gasteiger partial charge in [0.25, 0.3) is 0 Å². The molecule has 0 aliphatic heterocycles. The van der Waals surface area contributed by atoms with Crippen LogP contribution in [0, 0.1) is 0 Å². The van der Waals surface area contributed by atoms with Gasteiger partial charge in [-0.2, -0.15) is 12.1 Å². The molecule has 0 atom stereocenters. The minimum Gasteiger partial charge on any atom is -0.164 e. The van der Waals surface area contributed by atoms with E-state index in [4.69, 9.17) is 17.0 Å². The summed E-state index contributed by atoms with van der Waals surface area (Å²) in [7, 11) is 13.0. The maximum atomic E-state index is 6.50. The van der Waals surface area contributed by atoms with Crippen LogP contribution in [-0.4, -0.2) is 3.21 Å². The van der Waals surface area contributed by atoms with Gasteiger partial charge in [-0.15, -0.1) is 69.1 Å². The fraction of sp³-hybridized carbons (Fsp3) is 0.246. The molecule has 0 amide bonds. The van der Waals surface area contributed by atoms with E-state index in [1.165, 1.54) is 91.7 Å². The molecule has 60 heavy (non-hydrogen) atoms. The molecule has 0 bridgehead atoms. The fourth-order valence-corrected chi connectivity index (χ4v) is 12.3. The normalized spacial score (nSPS) is 11.4. The molecule has 0 saturated carbocycles. The smallest absolute Gasteiger partial charge is 0.0279 e. The summed E-state index contributed by atoms with van der Waals surface area (Å²) >= 11 is -2.59. The predicted octanol–water partition coefficient (Wildman–Crippen LogP) is 17.1. The van der Waals surface area contributed by atoms with Crippen LogP contribution in [0.1, 0.15) is 102 Å². The predicted molar refractivity (Wildman–Crippen MR) is 263 cm³/mol. The van der Waals surface area contributed by atoms with E-state index in [0.29, 0.717) is 0 Å². The summed E-state index contributed by atoms with van der Waals surface area (Å²) in [6.07, 6.45) is 4.75. The Morgan fingerprint density at radius 2 is 0.833 bits per heavy atom. The first-order chi connectivity index (χ1) is 28.8. The van der Waals surface area contributed by atoms with E-state index in [9.17, 15) is 0 Å². The number of benzene rings is 6. The Kier molecular flexibility index (Phi) is 15.6. The summed E-state index contributed by atoms with van der Waals surface area (Å²) in [5.41, 5.74) is 13.5. The first kappa shape index (κ1) is 45.4. The van der Waals surface area contributed by atoms with Crippen LogP contribution >= 0.6 is 17.0 Å². The van der Waals surface area contributed by atoms with Gasteiger partial charge in [0.15, 0.2) is 0 Å². The van der Waals surface area contributed by atoms with Crippen LogP contribution in [0.4, 0.5) is 0 Å². The van der Waals surface area contributed by atoms with Crippen LogP contribution in [0.3, 0.4) is 0 Å². The van der Waals surface area contributed by atoms with Crippen LogP contribution in [0.25, 0.3) is 43.8 Å². The van der Waals surface area contributed by atoms with E-state index in [1.807, 2.05) is 0 Å². The van der Waals surface area contributed by atoms with Gasteiger partial charge >= 0.3 is 162 Å². The van der Waals surface area contributed by atoms with Crippen molar-refractivity contribution in [3.63, 3.8) is 0 Å². The third kappa shape index (κ3) is 11.6. The van der Waals surface area contributed by atoms with Crippen molar-refractivity contribution in [3.05, 3.63) is 203 Å². The zero-order chi connectivity index (χ0) is 42.9. The second-order valence-corrected chi connectivity index (χ2v) is 26.0. The van der Waals surface area contributed by atoms with E-state index in [1.54, 1.807) is 0 Å². The van der Waals surface area contributed by atoms with Crippen molar-refractivity contribution < 1.29 is 18.9 Å². The van der Waals surface area contributed by atoms with Crippen molar-refractivity contribution in [3.8, 4) is 22.3 Å². The molecule has 8 aromatic rings. The molecule has 0 saturated heterocycles. The molecule has 0 heterocycles. The number of fused-ring (bicyclic) bond motifs is 2. The summed E-state index contributed by atoms with van der Waals surface area (Å²) in [5.74, 6) is 0. The fourth-order valence-electron chi connectivity index (χ4n) is 7.86. The van der Waals surface area contributed by atoms with Gasteiger partial charge in [0, 0.05) is 0 Å². The zero-order valence-corrected chi connectivity index (χ0v) is 40.7. The molecule has 0 aliphatic carbocycles. The molecular formula is C57H60Cl2Zr-2. The average Bonchev–Trinajstić information content (AvgIpc) is 3.86. The van der Waals surface area contributed by atoms with E-state index in [-0.39, 0.29) is 10.8 Å². The molecule has 0 nitrogen and oxygen atoms in total. The number of halogens is 2. The van der Waals surface area contributed by atoms with E-state index < -0.39 is 18.9 Å². The topological polar surface area (TPSA) is 0 Å². The largest absolute Gasteiger partial charge is 0.164 e. The Balaban J connectivity index is 0.000000153. The molecule has 0 N–H and O–H groups in total. The SMILES string of the molecule is CC(C)(C)c1ccc([C](c2ccc(C(C)(C)C)cc2)=[Zr]([Cl])[Cl])cc1.CCCc1cc2c(-c3ccccc3)cccc2[cH-]1.CCCc1cc2c(-c3ccccc3)cccc2[cH-]1. The number of hydrogen-bond acceptors (Lipinski definition) is 0. The van der Waals surface area contributed by atoms with Crippen LogP contribution in [0.2, 0.25) is 0 Å². The Hall–Kier alpha value is -4.13.